The molecule has 2 N–H and O–H groups in total. The largest absolute Gasteiger partial charge is 0.477 e. The molecule has 1 unspecified atom stereocenters. The van der Waals surface area contributed by atoms with E-state index in [1.54, 1.807) is 12.3 Å². The van der Waals surface area contributed by atoms with E-state index in [4.69, 9.17) is 5.11 Å². The molecule has 0 aliphatic heterocycles. The molecule has 1 aromatic heterocycles. The number of pyridine rings is 1. The minimum absolute atomic E-state index is 0.0723. The van der Waals surface area contributed by atoms with Gasteiger partial charge in [0.15, 0.2) is 0 Å². The summed E-state index contributed by atoms with van der Waals surface area (Å²) in [5.74, 6) is -0.998. The molecule has 5 heteroatoms. The van der Waals surface area contributed by atoms with Crippen molar-refractivity contribution in [2.24, 2.45) is 0 Å². The van der Waals surface area contributed by atoms with E-state index in [1.165, 1.54) is 6.07 Å². The Morgan fingerprint density at radius 1 is 1.62 bits per heavy atom. The van der Waals surface area contributed by atoms with Gasteiger partial charge in [-0.25, -0.2) is 9.78 Å². The van der Waals surface area contributed by atoms with Crippen LogP contribution in [-0.2, 0) is 0 Å². The number of carbonyl (C=O) groups is 1. The highest BCUT2D eigenvalue weighted by molar-refractivity contribution is 7.99. The molecule has 0 fully saturated rings. The van der Waals surface area contributed by atoms with Gasteiger partial charge in [0.2, 0.25) is 0 Å². The average molecular weight is 240 g/mol. The average Bonchev–Trinajstić information content (AvgIpc) is 2.29. The van der Waals surface area contributed by atoms with Crippen molar-refractivity contribution in [1.29, 1.82) is 0 Å². The monoisotopic (exact) mass is 240 g/mol. The Kier molecular flexibility index (Phi) is 5.11. The van der Waals surface area contributed by atoms with Crippen LogP contribution in [0.4, 0.5) is 5.69 Å². The second-order valence-electron chi connectivity index (χ2n) is 3.50. The van der Waals surface area contributed by atoms with Crippen molar-refractivity contribution in [3.63, 3.8) is 0 Å². The van der Waals surface area contributed by atoms with E-state index in [0.29, 0.717) is 5.25 Å². The fourth-order valence-electron chi connectivity index (χ4n) is 1.16. The summed E-state index contributed by atoms with van der Waals surface area (Å²) in [5.41, 5.74) is 0.932. The SMILES string of the molecule is CSC(C)CCNc1ccc(C(=O)O)nc1. The fraction of sp³-hybridized carbons (Fsp3) is 0.455. The van der Waals surface area contributed by atoms with Gasteiger partial charge in [-0.1, -0.05) is 6.92 Å². The van der Waals surface area contributed by atoms with Crippen LogP contribution in [0.15, 0.2) is 18.3 Å². The number of nitrogens with one attached hydrogen (secondary N) is 1. The molecule has 0 bridgehead atoms. The van der Waals surface area contributed by atoms with E-state index in [9.17, 15) is 4.79 Å². The highest BCUT2D eigenvalue weighted by Gasteiger charge is 2.03. The molecule has 0 aliphatic carbocycles. The molecule has 1 aromatic rings. The molecule has 0 amide bonds. The van der Waals surface area contributed by atoms with Crippen molar-refractivity contribution in [3.8, 4) is 0 Å². The fourth-order valence-corrected chi connectivity index (χ4v) is 1.52. The van der Waals surface area contributed by atoms with Crippen molar-refractivity contribution in [1.82, 2.24) is 4.98 Å². The number of aromatic nitrogens is 1. The van der Waals surface area contributed by atoms with Crippen molar-refractivity contribution < 1.29 is 9.90 Å². The van der Waals surface area contributed by atoms with E-state index in [0.717, 1.165) is 18.7 Å². The molecule has 1 atom stereocenters. The summed E-state index contributed by atoms with van der Waals surface area (Å²) in [5, 5.41) is 12.5. The summed E-state index contributed by atoms with van der Waals surface area (Å²) in [4.78, 5) is 14.4. The van der Waals surface area contributed by atoms with Crippen LogP contribution in [0.1, 0.15) is 23.8 Å². The van der Waals surface area contributed by atoms with Crippen LogP contribution >= 0.6 is 11.8 Å². The first-order valence-corrected chi connectivity index (χ1v) is 6.38. The Morgan fingerprint density at radius 3 is 2.88 bits per heavy atom. The van der Waals surface area contributed by atoms with Crippen LogP contribution in [0, 0.1) is 0 Å². The molecule has 0 radical (unpaired) electrons. The molecule has 1 heterocycles. The molecular formula is C11H16N2O2S. The van der Waals surface area contributed by atoms with Gasteiger partial charge in [-0.05, 0) is 24.8 Å². The van der Waals surface area contributed by atoms with Crippen LogP contribution in [0.2, 0.25) is 0 Å². The molecule has 4 nitrogen and oxygen atoms in total. The van der Waals surface area contributed by atoms with Gasteiger partial charge in [0.25, 0.3) is 0 Å². The molecule has 0 spiro atoms. The number of hydrogen-bond donors (Lipinski definition) is 2. The topological polar surface area (TPSA) is 62.2 Å². The third kappa shape index (κ3) is 4.10. The third-order valence-electron chi connectivity index (χ3n) is 2.26. The molecular weight excluding hydrogens is 224 g/mol. The number of hydrogen-bond acceptors (Lipinski definition) is 4. The van der Waals surface area contributed by atoms with E-state index >= 15 is 0 Å². The smallest absolute Gasteiger partial charge is 0.354 e. The van der Waals surface area contributed by atoms with Gasteiger partial charge >= 0.3 is 5.97 Å². The molecule has 0 saturated heterocycles. The molecule has 0 aromatic carbocycles. The molecule has 1 rings (SSSR count). The molecule has 16 heavy (non-hydrogen) atoms. The number of rotatable bonds is 6. The predicted octanol–water partition coefficient (Wildman–Crippen LogP) is 2.33. The summed E-state index contributed by atoms with van der Waals surface area (Å²) in [6.45, 7) is 3.05. The van der Waals surface area contributed by atoms with Crippen LogP contribution in [0.3, 0.4) is 0 Å². The summed E-state index contributed by atoms with van der Waals surface area (Å²) in [6.07, 6.45) is 4.71. The lowest BCUT2D eigenvalue weighted by molar-refractivity contribution is 0.0690. The summed E-state index contributed by atoms with van der Waals surface area (Å²) in [6, 6.07) is 3.24. The zero-order valence-corrected chi connectivity index (χ0v) is 10.3. The third-order valence-corrected chi connectivity index (χ3v) is 3.31. The molecule has 88 valence electrons. The normalized spacial score (nSPS) is 12.1. The van der Waals surface area contributed by atoms with E-state index < -0.39 is 5.97 Å². The highest BCUT2D eigenvalue weighted by atomic mass is 32.2. The summed E-state index contributed by atoms with van der Waals surface area (Å²) >= 11 is 1.83. The van der Waals surface area contributed by atoms with E-state index in [-0.39, 0.29) is 5.69 Å². The first kappa shape index (κ1) is 12.8. The van der Waals surface area contributed by atoms with Crippen molar-refractivity contribution in [2.45, 2.75) is 18.6 Å². The van der Waals surface area contributed by atoms with Crippen molar-refractivity contribution in [3.05, 3.63) is 24.0 Å². The maximum atomic E-state index is 10.6. The second kappa shape index (κ2) is 6.37. The lowest BCUT2D eigenvalue weighted by Crippen LogP contribution is -2.08. The van der Waals surface area contributed by atoms with Gasteiger partial charge in [0, 0.05) is 11.8 Å². The van der Waals surface area contributed by atoms with E-state index in [1.807, 2.05) is 11.8 Å². The number of carboxylic acids is 1. The van der Waals surface area contributed by atoms with Gasteiger partial charge < -0.3 is 10.4 Å². The Bertz CT molecular complexity index is 340. The maximum absolute atomic E-state index is 10.6. The zero-order valence-electron chi connectivity index (χ0n) is 9.43. The van der Waals surface area contributed by atoms with Crippen LogP contribution in [0.5, 0.6) is 0 Å². The second-order valence-corrected chi connectivity index (χ2v) is 4.78. The predicted molar refractivity (Wildman–Crippen MR) is 67.3 cm³/mol. The van der Waals surface area contributed by atoms with Gasteiger partial charge in [0.1, 0.15) is 5.69 Å². The number of thioether (sulfide) groups is 1. The number of carboxylic acid groups (broad SMARTS) is 1. The lowest BCUT2D eigenvalue weighted by atomic mass is 10.3. The highest BCUT2D eigenvalue weighted by Crippen LogP contribution is 2.11. The van der Waals surface area contributed by atoms with Crippen molar-refractivity contribution >= 4 is 23.4 Å². The number of nitrogens with zero attached hydrogens (tertiary/aromatic N) is 1. The van der Waals surface area contributed by atoms with Crippen LogP contribution < -0.4 is 5.32 Å². The Labute approximate surface area is 99.5 Å². The Balaban J connectivity index is 2.40. The van der Waals surface area contributed by atoms with Gasteiger partial charge in [-0.3, -0.25) is 0 Å². The number of anilines is 1. The van der Waals surface area contributed by atoms with Gasteiger partial charge in [-0.2, -0.15) is 11.8 Å². The Hall–Kier alpha value is -1.23. The van der Waals surface area contributed by atoms with Crippen LogP contribution in [-0.4, -0.2) is 34.1 Å². The quantitative estimate of drug-likeness (QED) is 0.799. The van der Waals surface area contributed by atoms with E-state index in [2.05, 4.69) is 23.5 Å². The Morgan fingerprint density at radius 2 is 2.38 bits per heavy atom. The molecule has 0 aliphatic rings. The zero-order chi connectivity index (χ0) is 12.0. The maximum Gasteiger partial charge on any atom is 0.354 e. The minimum Gasteiger partial charge on any atom is -0.477 e. The van der Waals surface area contributed by atoms with Gasteiger partial charge in [-0.15, -0.1) is 0 Å². The van der Waals surface area contributed by atoms with Gasteiger partial charge in [0.05, 0.1) is 11.9 Å². The summed E-state index contributed by atoms with van der Waals surface area (Å²) in [7, 11) is 0. The standard InChI is InChI=1S/C11H16N2O2S/c1-8(16-2)5-6-12-9-3-4-10(11(14)15)13-7-9/h3-4,7-8,12H,5-6H2,1-2H3,(H,14,15). The minimum atomic E-state index is -0.998. The molecule has 0 saturated carbocycles. The number of aromatic carboxylic acids is 1. The summed E-state index contributed by atoms with van der Waals surface area (Å²) < 4.78 is 0. The first-order chi connectivity index (χ1) is 7.63. The first-order valence-electron chi connectivity index (χ1n) is 5.09. The lowest BCUT2D eigenvalue weighted by Gasteiger charge is -2.09. The van der Waals surface area contributed by atoms with Crippen LogP contribution in [0.25, 0.3) is 0 Å². The van der Waals surface area contributed by atoms with Crippen molar-refractivity contribution in [2.75, 3.05) is 18.1 Å².